The van der Waals surface area contributed by atoms with Crippen LogP contribution in [0.1, 0.15) is 36.2 Å². The lowest BCUT2D eigenvalue weighted by molar-refractivity contribution is 0.0827. The van der Waals surface area contributed by atoms with E-state index in [0.29, 0.717) is 31.0 Å². The van der Waals surface area contributed by atoms with Crippen molar-refractivity contribution in [2.75, 3.05) is 46.2 Å². The molecule has 2 N–H and O–H groups in total. The molecule has 166 valence electrons. The molecular formula is C20H35IN4O3S. The van der Waals surface area contributed by atoms with Crippen LogP contribution in [0, 0.1) is 5.41 Å². The lowest BCUT2D eigenvalue weighted by atomic mass is 9.90. The largest absolute Gasteiger partial charge is 0.356 e. The predicted octanol–water partition coefficient (Wildman–Crippen LogP) is 2.17. The van der Waals surface area contributed by atoms with Crippen LogP contribution in [-0.2, 0) is 16.3 Å². The topological polar surface area (TPSA) is 90.9 Å². The number of halogens is 1. The molecular weight excluding hydrogens is 503 g/mol. The Morgan fingerprint density at radius 2 is 1.86 bits per heavy atom. The third kappa shape index (κ3) is 11.4. The molecule has 0 radical (unpaired) electrons. The van der Waals surface area contributed by atoms with Gasteiger partial charge in [-0.3, -0.25) is 9.79 Å². The number of nitrogens with one attached hydrogen (secondary N) is 2. The fourth-order valence-electron chi connectivity index (χ4n) is 2.54. The van der Waals surface area contributed by atoms with E-state index in [1.807, 2.05) is 38.1 Å². The average Bonchev–Trinajstić information content (AvgIpc) is 2.62. The maximum Gasteiger partial charge on any atom is 0.253 e. The van der Waals surface area contributed by atoms with Gasteiger partial charge in [0.2, 0.25) is 0 Å². The smallest absolute Gasteiger partial charge is 0.253 e. The Balaban J connectivity index is 0.00000784. The maximum atomic E-state index is 12.1. The highest BCUT2D eigenvalue weighted by atomic mass is 127. The van der Waals surface area contributed by atoms with E-state index in [-0.39, 0.29) is 41.1 Å². The van der Waals surface area contributed by atoms with Crippen LogP contribution < -0.4 is 10.6 Å². The summed E-state index contributed by atoms with van der Waals surface area (Å²) in [6.45, 7) is 5.36. The van der Waals surface area contributed by atoms with Crippen LogP contribution in [0.2, 0.25) is 0 Å². The summed E-state index contributed by atoms with van der Waals surface area (Å²) in [5.74, 6) is 0.840. The molecule has 0 aliphatic heterocycles. The van der Waals surface area contributed by atoms with E-state index in [1.54, 1.807) is 26.0 Å². The monoisotopic (exact) mass is 538 g/mol. The van der Waals surface area contributed by atoms with Gasteiger partial charge < -0.3 is 15.5 Å². The lowest BCUT2D eigenvalue weighted by Crippen LogP contribution is -2.43. The Labute approximate surface area is 192 Å². The van der Waals surface area contributed by atoms with Gasteiger partial charge in [-0.2, -0.15) is 0 Å². The van der Waals surface area contributed by atoms with Crippen molar-refractivity contribution >= 4 is 45.7 Å². The fourth-order valence-corrected chi connectivity index (χ4v) is 3.46. The molecule has 0 aliphatic rings. The number of rotatable bonds is 9. The van der Waals surface area contributed by atoms with Gasteiger partial charge in [0.1, 0.15) is 9.84 Å². The van der Waals surface area contributed by atoms with Gasteiger partial charge in [0.15, 0.2) is 5.96 Å². The van der Waals surface area contributed by atoms with Crippen LogP contribution in [0.15, 0.2) is 29.3 Å². The minimum Gasteiger partial charge on any atom is -0.356 e. The SMILES string of the molecule is CN=C(NCCc1cccc(C(=O)N(C)C)c1)NCC(C)(C)CCS(C)(=O)=O.I. The quantitative estimate of drug-likeness (QED) is 0.286. The molecule has 0 heterocycles. The van der Waals surface area contributed by atoms with Gasteiger partial charge in [-0.1, -0.05) is 26.0 Å². The van der Waals surface area contributed by atoms with Gasteiger partial charge in [-0.25, -0.2) is 8.42 Å². The highest BCUT2D eigenvalue weighted by Crippen LogP contribution is 2.19. The second-order valence-corrected chi connectivity index (χ2v) is 10.3. The van der Waals surface area contributed by atoms with E-state index in [9.17, 15) is 13.2 Å². The van der Waals surface area contributed by atoms with Gasteiger partial charge >= 0.3 is 0 Å². The third-order valence-electron chi connectivity index (χ3n) is 4.39. The van der Waals surface area contributed by atoms with Crippen LogP contribution in [0.5, 0.6) is 0 Å². The van der Waals surface area contributed by atoms with E-state index in [2.05, 4.69) is 15.6 Å². The molecule has 1 aromatic carbocycles. The number of sulfone groups is 1. The van der Waals surface area contributed by atoms with Gasteiger partial charge in [0.05, 0.1) is 5.75 Å². The molecule has 29 heavy (non-hydrogen) atoms. The second kappa shape index (κ2) is 12.4. The van der Waals surface area contributed by atoms with Crippen LogP contribution >= 0.6 is 24.0 Å². The number of hydrogen-bond donors (Lipinski definition) is 2. The van der Waals surface area contributed by atoms with Crippen LogP contribution in [0.25, 0.3) is 0 Å². The first-order valence-electron chi connectivity index (χ1n) is 9.36. The minimum absolute atomic E-state index is 0. The first kappa shape index (κ1) is 27.6. The summed E-state index contributed by atoms with van der Waals surface area (Å²) < 4.78 is 22.7. The van der Waals surface area contributed by atoms with Crippen molar-refractivity contribution in [1.29, 1.82) is 0 Å². The Morgan fingerprint density at radius 3 is 2.41 bits per heavy atom. The van der Waals surface area contributed by atoms with Crippen molar-refractivity contribution in [3.05, 3.63) is 35.4 Å². The number of hydrogen-bond acceptors (Lipinski definition) is 4. The molecule has 0 spiro atoms. The molecule has 0 bridgehead atoms. The van der Waals surface area contributed by atoms with E-state index >= 15 is 0 Å². The highest BCUT2D eigenvalue weighted by Gasteiger charge is 2.20. The molecule has 0 aliphatic carbocycles. The van der Waals surface area contributed by atoms with E-state index in [1.165, 1.54) is 6.26 Å². The maximum absolute atomic E-state index is 12.1. The van der Waals surface area contributed by atoms with E-state index < -0.39 is 9.84 Å². The minimum atomic E-state index is -2.96. The zero-order chi connectivity index (χ0) is 21.4. The summed E-state index contributed by atoms with van der Waals surface area (Å²) in [6.07, 6.45) is 2.60. The first-order valence-corrected chi connectivity index (χ1v) is 11.4. The molecule has 1 rings (SSSR count). The number of nitrogens with zero attached hydrogens (tertiary/aromatic N) is 2. The van der Waals surface area contributed by atoms with Crippen molar-refractivity contribution in [2.45, 2.75) is 26.7 Å². The molecule has 0 unspecified atom stereocenters. The van der Waals surface area contributed by atoms with Crippen molar-refractivity contribution in [3.63, 3.8) is 0 Å². The first-order chi connectivity index (χ1) is 12.9. The second-order valence-electron chi connectivity index (χ2n) is 8.05. The highest BCUT2D eigenvalue weighted by molar-refractivity contribution is 14.0. The van der Waals surface area contributed by atoms with Crippen molar-refractivity contribution < 1.29 is 13.2 Å². The molecule has 9 heteroatoms. The Kier molecular flexibility index (Phi) is 11.8. The summed E-state index contributed by atoms with van der Waals surface area (Å²) in [5.41, 5.74) is 1.59. The van der Waals surface area contributed by atoms with Crippen LogP contribution in [0.4, 0.5) is 0 Å². The molecule has 0 saturated carbocycles. The normalized spacial score (nSPS) is 12.1. The number of aliphatic imine (C=N–C) groups is 1. The average molecular weight is 538 g/mol. The molecule has 1 amide bonds. The lowest BCUT2D eigenvalue weighted by Gasteiger charge is -2.25. The Bertz CT molecular complexity index is 793. The number of benzene rings is 1. The summed E-state index contributed by atoms with van der Waals surface area (Å²) in [7, 11) is 2.22. The summed E-state index contributed by atoms with van der Waals surface area (Å²) >= 11 is 0. The number of guanidine groups is 1. The van der Waals surface area contributed by atoms with Crippen LogP contribution in [-0.4, -0.2) is 71.4 Å². The standard InChI is InChI=1S/C20H34N4O3S.HI/c1-20(2,11-13-28(6,26)27)15-23-19(21-3)22-12-10-16-8-7-9-17(14-16)18(25)24(4)5;/h7-9,14H,10-13,15H2,1-6H3,(H2,21,22,23);1H. The number of carbonyl (C=O) groups excluding carboxylic acids is 1. The third-order valence-corrected chi connectivity index (χ3v) is 5.34. The molecule has 0 atom stereocenters. The van der Waals surface area contributed by atoms with E-state index in [0.717, 1.165) is 12.0 Å². The Morgan fingerprint density at radius 1 is 1.21 bits per heavy atom. The number of amides is 1. The molecule has 7 nitrogen and oxygen atoms in total. The summed E-state index contributed by atoms with van der Waals surface area (Å²) in [4.78, 5) is 17.8. The van der Waals surface area contributed by atoms with Gasteiger partial charge in [0, 0.05) is 46.1 Å². The van der Waals surface area contributed by atoms with Crippen LogP contribution in [0.3, 0.4) is 0 Å². The van der Waals surface area contributed by atoms with Crippen molar-refractivity contribution in [2.24, 2.45) is 10.4 Å². The van der Waals surface area contributed by atoms with Gasteiger partial charge in [0.25, 0.3) is 5.91 Å². The fraction of sp³-hybridized carbons (Fsp3) is 0.600. The molecule has 0 aromatic heterocycles. The number of carbonyl (C=O) groups is 1. The summed E-state index contributed by atoms with van der Waals surface area (Å²) in [6, 6.07) is 7.62. The zero-order valence-electron chi connectivity index (χ0n) is 18.3. The zero-order valence-corrected chi connectivity index (χ0v) is 21.4. The predicted molar refractivity (Wildman–Crippen MR) is 131 cm³/mol. The molecule has 0 saturated heterocycles. The van der Waals surface area contributed by atoms with Crippen molar-refractivity contribution in [3.8, 4) is 0 Å². The van der Waals surface area contributed by atoms with E-state index in [4.69, 9.17) is 0 Å². The molecule has 0 fully saturated rings. The van der Waals surface area contributed by atoms with Gasteiger partial charge in [-0.05, 0) is 36.0 Å². The molecule has 1 aromatic rings. The Hall–Kier alpha value is -1.36. The summed E-state index contributed by atoms with van der Waals surface area (Å²) in [5, 5.41) is 6.52. The van der Waals surface area contributed by atoms with Crippen molar-refractivity contribution in [1.82, 2.24) is 15.5 Å². The van der Waals surface area contributed by atoms with Gasteiger partial charge in [-0.15, -0.1) is 24.0 Å².